The van der Waals surface area contributed by atoms with Gasteiger partial charge in [-0.2, -0.15) is 4.31 Å². The highest BCUT2D eigenvalue weighted by molar-refractivity contribution is 7.89. The first-order valence-electron chi connectivity index (χ1n) is 10.3. The molecule has 1 aliphatic heterocycles. The van der Waals surface area contributed by atoms with Crippen LogP contribution >= 0.6 is 0 Å². The molecule has 0 radical (unpaired) electrons. The van der Waals surface area contributed by atoms with Crippen LogP contribution < -0.4 is 10.1 Å². The molecule has 0 aliphatic carbocycles. The molecule has 1 amide bonds. The van der Waals surface area contributed by atoms with Crippen LogP contribution in [-0.4, -0.2) is 76.6 Å². The number of anilines is 1. The molecular weight excluding hydrogens is 418 g/mol. The summed E-state index contributed by atoms with van der Waals surface area (Å²) < 4.78 is 37.9. The Labute approximate surface area is 183 Å². The van der Waals surface area contributed by atoms with Crippen LogP contribution in [0.15, 0.2) is 53.4 Å². The van der Waals surface area contributed by atoms with Crippen molar-refractivity contribution in [2.75, 3.05) is 58.4 Å². The van der Waals surface area contributed by atoms with E-state index >= 15 is 0 Å². The van der Waals surface area contributed by atoms with E-state index in [1.54, 1.807) is 43.5 Å². The van der Waals surface area contributed by atoms with Crippen LogP contribution in [0.4, 0.5) is 5.69 Å². The van der Waals surface area contributed by atoms with Gasteiger partial charge in [0.1, 0.15) is 12.4 Å². The lowest BCUT2D eigenvalue weighted by Gasteiger charge is -2.33. The highest BCUT2D eigenvalue weighted by Gasteiger charge is 2.28. The number of carbonyl (C=O) groups excluding carboxylic acids is 1. The largest absolute Gasteiger partial charge is 0.490 e. The summed E-state index contributed by atoms with van der Waals surface area (Å²) in [7, 11) is -1.97. The molecule has 9 heteroatoms. The number of benzene rings is 2. The number of rotatable bonds is 9. The zero-order chi connectivity index (χ0) is 22.3. The maximum Gasteiger partial charge on any atom is 0.259 e. The van der Waals surface area contributed by atoms with E-state index in [2.05, 4.69) is 17.1 Å². The Balaban J connectivity index is 1.66. The van der Waals surface area contributed by atoms with Gasteiger partial charge >= 0.3 is 0 Å². The minimum Gasteiger partial charge on any atom is -0.490 e. The van der Waals surface area contributed by atoms with Crippen molar-refractivity contribution in [3.63, 3.8) is 0 Å². The second-order valence-corrected chi connectivity index (χ2v) is 9.09. The lowest BCUT2D eigenvalue weighted by Crippen LogP contribution is -2.48. The van der Waals surface area contributed by atoms with Crippen molar-refractivity contribution in [2.45, 2.75) is 11.8 Å². The molecule has 8 nitrogen and oxygen atoms in total. The van der Waals surface area contributed by atoms with Gasteiger partial charge in [0.05, 0.1) is 17.1 Å². The van der Waals surface area contributed by atoms with Crippen LogP contribution in [0.25, 0.3) is 0 Å². The third-order valence-corrected chi connectivity index (χ3v) is 7.12. The monoisotopic (exact) mass is 447 g/mol. The van der Waals surface area contributed by atoms with Crippen LogP contribution in [0.1, 0.15) is 17.3 Å². The topological polar surface area (TPSA) is 88.2 Å². The van der Waals surface area contributed by atoms with Crippen molar-refractivity contribution in [3.05, 3.63) is 54.1 Å². The summed E-state index contributed by atoms with van der Waals surface area (Å²) in [4.78, 5) is 15.1. The first-order valence-corrected chi connectivity index (χ1v) is 11.7. The molecule has 1 heterocycles. The van der Waals surface area contributed by atoms with Crippen LogP contribution in [0.2, 0.25) is 0 Å². The van der Waals surface area contributed by atoms with Gasteiger partial charge in [-0.15, -0.1) is 0 Å². The average molecular weight is 448 g/mol. The van der Waals surface area contributed by atoms with Gasteiger partial charge in [-0.3, -0.25) is 4.79 Å². The second kappa shape index (κ2) is 10.7. The molecule has 1 N–H and O–H groups in total. The number of methoxy groups -OCH3 is 1. The van der Waals surface area contributed by atoms with Crippen LogP contribution in [0, 0.1) is 0 Å². The number of likely N-dealkylation sites (N-methyl/N-ethyl adjacent to an activating group) is 1. The van der Waals surface area contributed by atoms with Gasteiger partial charge in [0.2, 0.25) is 10.0 Å². The summed E-state index contributed by atoms with van der Waals surface area (Å²) in [6.07, 6.45) is 0. The molecule has 0 spiro atoms. The standard InChI is InChI=1S/C22H29N3O5S/c1-3-24-12-14-25(15-13-24)31(27,28)19-10-8-18(9-11-19)23-22(26)20-6-4-5-7-21(20)30-17-16-29-2/h4-11H,3,12-17H2,1-2H3,(H,23,26). The van der Waals surface area contributed by atoms with Crippen molar-refractivity contribution in [3.8, 4) is 5.75 Å². The van der Waals surface area contributed by atoms with Crippen molar-refractivity contribution >= 4 is 21.6 Å². The molecule has 3 rings (SSSR count). The molecule has 2 aromatic carbocycles. The van der Waals surface area contributed by atoms with Crippen LogP contribution in [0.3, 0.4) is 0 Å². The molecule has 1 saturated heterocycles. The Morgan fingerprint density at radius 3 is 2.32 bits per heavy atom. The lowest BCUT2D eigenvalue weighted by molar-refractivity contribution is 0.101. The molecule has 0 unspecified atom stereocenters. The SMILES string of the molecule is CCN1CCN(S(=O)(=O)c2ccc(NC(=O)c3ccccc3OCCOC)cc2)CC1. The molecule has 168 valence electrons. The number of hydrogen-bond acceptors (Lipinski definition) is 6. The highest BCUT2D eigenvalue weighted by Crippen LogP contribution is 2.22. The summed E-state index contributed by atoms with van der Waals surface area (Å²) in [6, 6.07) is 13.2. The number of piperazine rings is 1. The van der Waals surface area contributed by atoms with Gasteiger partial charge in [-0.25, -0.2) is 8.42 Å². The summed E-state index contributed by atoms with van der Waals surface area (Å²) >= 11 is 0. The van der Waals surface area contributed by atoms with Gasteiger partial charge in [0.25, 0.3) is 5.91 Å². The van der Waals surface area contributed by atoms with Gasteiger partial charge in [0.15, 0.2) is 0 Å². The number of para-hydroxylation sites is 1. The van der Waals surface area contributed by atoms with E-state index in [-0.39, 0.29) is 10.8 Å². The maximum absolute atomic E-state index is 12.9. The molecule has 0 atom stereocenters. The molecule has 0 saturated carbocycles. The van der Waals surface area contributed by atoms with E-state index in [9.17, 15) is 13.2 Å². The quantitative estimate of drug-likeness (QED) is 0.594. The third-order valence-electron chi connectivity index (χ3n) is 5.21. The summed E-state index contributed by atoms with van der Waals surface area (Å²) in [6.45, 7) is 6.16. The number of hydrogen-bond donors (Lipinski definition) is 1. The predicted octanol–water partition coefficient (Wildman–Crippen LogP) is 2.29. The van der Waals surface area contributed by atoms with E-state index in [4.69, 9.17) is 9.47 Å². The fourth-order valence-corrected chi connectivity index (χ4v) is 4.78. The van der Waals surface area contributed by atoms with Gasteiger partial charge < -0.3 is 19.7 Å². The number of nitrogens with zero attached hydrogens (tertiary/aromatic N) is 2. The van der Waals surface area contributed by atoms with E-state index in [0.29, 0.717) is 43.3 Å². The average Bonchev–Trinajstić information content (AvgIpc) is 2.80. The molecule has 2 aromatic rings. The van der Waals surface area contributed by atoms with Crippen LogP contribution in [-0.2, 0) is 14.8 Å². The van der Waals surface area contributed by atoms with Crippen molar-refractivity contribution in [2.24, 2.45) is 0 Å². The van der Waals surface area contributed by atoms with E-state index in [1.807, 2.05) is 0 Å². The molecule has 0 aromatic heterocycles. The minimum absolute atomic E-state index is 0.221. The van der Waals surface area contributed by atoms with Gasteiger partial charge in [-0.05, 0) is 42.9 Å². The predicted molar refractivity (Wildman–Crippen MR) is 119 cm³/mol. The molecule has 1 aliphatic rings. The van der Waals surface area contributed by atoms with Crippen molar-refractivity contribution in [1.29, 1.82) is 0 Å². The fraction of sp³-hybridized carbons (Fsp3) is 0.409. The van der Waals surface area contributed by atoms with Gasteiger partial charge in [-0.1, -0.05) is 19.1 Å². The number of sulfonamides is 1. The zero-order valence-corrected chi connectivity index (χ0v) is 18.7. The molecule has 0 bridgehead atoms. The van der Waals surface area contributed by atoms with Crippen molar-refractivity contribution in [1.82, 2.24) is 9.21 Å². The number of amides is 1. The first kappa shape index (κ1) is 23.2. The molecular formula is C22H29N3O5S. The summed E-state index contributed by atoms with van der Waals surface area (Å²) in [5.74, 6) is 0.127. The van der Waals surface area contributed by atoms with Crippen molar-refractivity contribution < 1.29 is 22.7 Å². The maximum atomic E-state index is 12.9. The zero-order valence-electron chi connectivity index (χ0n) is 17.9. The number of ether oxygens (including phenoxy) is 2. The van der Waals surface area contributed by atoms with E-state index in [0.717, 1.165) is 19.6 Å². The Kier molecular flexibility index (Phi) is 8.03. The minimum atomic E-state index is -3.55. The highest BCUT2D eigenvalue weighted by atomic mass is 32.2. The molecule has 31 heavy (non-hydrogen) atoms. The Hall–Kier alpha value is -2.46. The summed E-state index contributed by atoms with van der Waals surface area (Å²) in [5, 5.41) is 2.80. The Morgan fingerprint density at radius 2 is 1.68 bits per heavy atom. The normalized spacial score (nSPS) is 15.5. The lowest BCUT2D eigenvalue weighted by atomic mass is 10.2. The summed E-state index contributed by atoms with van der Waals surface area (Å²) in [5.41, 5.74) is 0.899. The molecule has 1 fully saturated rings. The number of carbonyl (C=O) groups is 1. The Morgan fingerprint density at radius 1 is 1.00 bits per heavy atom. The Bertz CT molecular complexity index is 971. The van der Waals surface area contributed by atoms with Gasteiger partial charge in [0, 0.05) is 39.0 Å². The van der Waals surface area contributed by atoms with E-state index in [1.165, 1.54) is 16.4 Å². The van der Waals surface area contributed by atoms with Crippen LogP contribution in [0.5, 0.6) is 5.75 Å². The number of nitrogens with one attached hydrogen (secondary N) is 1. The fourth-order valence-electron chi connectivity index (χ4n) is 3.36. The van der Waals surface area contributed by atoms with E-state index < -0.39 is 10.0 Å². The third kappa shape index (κ3) is 5.82. The smallest absolute Gasteiger partial charge is 0.259 e. The second-order valence-electron chi connectivity index (χ2n) is 7.15. The first-order chi connectivity index (χ1) is 15.0.